The second kappa shape index (κ2) is 7.12. The molecule has 3 aliphatic heterocycles. The molecule has 2 aromatic carbocycles. The van der Waals surface area contributed by atoms with Gasteiger partial charge >= 0.3 is 5.97 Å². The predicted molar refractivity (Wildman–Crippen MR) is 110 cm³/mol. The maximum Gasteiger partial charge on any atom is 0.343 e. The molecule has 3 heterocycles. The molecule has 5 rings (SSSR count). The first-order valence-electron chi connectivity index (χ1n) is 9.95. The summed E-state index contributed by atoms with van der Waals surface area (Å²) in [6.45, 7) is 0.804. The Balaban J connectivity index is 1.72. The average molecular weight is 428 g/mol. The fraction of sp³-hybridized carbons (Fsp3) is 0.409. The van der Waals surface area contributed by atoms with E-state index in [0.717, 1.165) is 23.2 Å². The van der Waals surface area contributed by atoms with Gasteiger partial charge in [0, 0.05) is 17.7 Å². The summed E-state index contributed by atoms with van der Waals surface area (Å²) in [6.07, 6.45) is 0.126. The van der Waals surface area contributed by atoms with Gasteiger partial charge in [-0.3, -0.25) is 4.90 Å². The number of anilines is 1. The number of methoxy groups -OCH3 is 3. The van der Waals surface area contributed by atoms with E-state index >= 15 is 0 Å². The van der Waals surface area contributed by atoms with E-state index in [2.05, 4.69) is 4.90 Å². The lowest BCUT2D eigenvalue weighted by molar-refractivity contribution is 0.00879. The largest absolute Gasteiger partial charge is 0.493 e. The molecule has 0 saturated heterocycles. The summed E-state index contributed by atoms with van der Waals surface area (Å²) in [5, 5.41) is 0. The number of cyclic esters (lactones) is 1. The van der Waals surface area contributed by atoms with Crippen LogP contribution >= 0.6 is 0 Å². The number of ether oxygens (including phenoxy) is 6. The number of hydrogen-bond acceptors (Lipinski definition) is 9. The first kappa shape index (κ1) is 19.6. The van der Waals surface area contributed by atoms with Crippen LogP contribution in [0.5, 0.6) is 28.7 Å². The van der Waals surface area contributed by atoms with Gasteiger partial charge in [-0.25, -0.2) is 4.79 Å². The summed E-state index contributed by atoms with van der Waals surface area (Å²) < 4.78 is 33.8. The van der Waals surface area contributed by atoms with Gasteiger partial charge in [-0.1, -0.05) is 6.07 Å². The molecule has 2 aromatic rings. The van der Waals surface area contributed by atoms with Gasteiger partial charge in [0.05, 0.1) is 33.1 Å². The van der Waals surface area contributed by atoms with Crippen LogP contribution in [-0.2, 0) is 11.2 Å². The smallest absolute Gasteiger partial charge is 0.343 e. The van der Waals surface area contributed by atoms with Crippen molar-refractivity contribution in [1.82, 2.24) is 4.90 Å². The summed E-state index contributed by atoms with van der Waals surface area (Å²) in [7, 11) is 6.61. The molecule has 0 spiro atoms. The Morgan fingerprint density at radius 2 is 1.81 bits per heavy atom. The summed E-state index contributed by atoms with van der Waals surface area (Å²) in [5.74, 6) is 1.93. The summed E-state index contributed by atoms with van der Waals surface area (Å²) >= 11 is 0. The third-order valence-electron chi connectivity index (χ3n) is 6.26. The Hall–Kier alpha value is -3.33. The van der Waals surface area contributed by atoms with Gasteiger partial charge in [0.2, 0.25) is 12.5 Å². The van der Waals surface area contributed by atoms with E-state index in [4.69, 9.17) is 34.2 Å². The zero-order valence-corrected chi connectivity index (χ0v) is 17.8. The van der Waals surface area contributed by atoms with Crippen molar-refractivity contribution in [3.8, 4) is 28.7 Å². The van der Waals surface area contributed by atoms with Crippen molar-refractivity contribution in [2.75, 3.05) is 47.4 Å². The van der Waals surface area contributed by atoms with Crippen molar-refractivity contribution in [3.63, 3.8) is 0 Å². The van der Waals surface area contributed by atoms with E-state index in [1.54, 1.807) is 13.2 Å². The first-order valence-corrected chi connectivity index (χ1v) is 9.95. The topological polar surface area (TPSA) is 102 Å². The zero-order chi connectivity index (χ0) is 21.9. The maximum atomic E-state index is 12.9. The van der Waals surface area contributed by atoms with E-state index in [1.807, 2.05) is 13.1 Å². The van der Waals surface area contributed by atoms with Crippen molar-refractivity contribution in [1.29, 1.82) is 0 Å². The number of rotatable bonds is 4. The van der Waals surface area contributed by atoms with Gasteiger partial charge in [-0.05, 0) is 25.1 Å². The lowest BCUT2D eigenvalue weighted by Crippen LogP contribution is -2.36. The van der Waals surface area contributed by atoms with E-state index in [9.17, 15) is 4.79 Å². The van der Waals surface area contributed by atoms with Crippen LogP contribution in [-0.4, -0.2) is 52.6 Å². The number of fused-ring (bicyclic) bond motifs is 3. The van der Waals surface area contributed by atoms with E-state index < -0.39 is 12.1 Å². The molecule has 31 heavy (non-hydrogen) atoms. The van der Waals surface area contributed by atoms with Gasteiger partial charge in [0.1, 0.15) is 11.7 Å². The lowest BCUT2D eigenvalue weighted by Gasteiger charge is -2.39. The molecule has 0 saturated carbocycles. The highest BCUT2D eigenvalue weighted by Crippen LogP contribution is 2.57. The Morgan fingerprint density at radius 3 is 2.52 bits per heavy atom. The van der Waals surface area contributed by atoms with Crippen LogP contribution in [0.4, 0.5) is 5.69 Å². The average Bonchev–Trinajstić information content (AvgIpc) is 3.39. The highest BCUT2D eigenvalue weighted by Gasteiger charge is 2.47. The Labute approximate surface area is 179 Å². The fourth-order valence-corrected chi connectivity index (χ4v) is 4.87. The van der Waals surface area contributed by atoms with Gasteiger partial charge in [-0.2, -0.15) is 0 Å². The van der Waals surface area contributed by atoms with Crippen molar-refractivity contribution in [2.24, 2.45) is 0 Å². The third kappa shape index (κ3) is 2.62. The number of carbonyl (C=O) groups is 1. The number of hydrogen-bond donors (Lipinski definition) is 1. The summed E-state index contributed by atoms with van der Waals surface area (Å²) in [4.78, 5) is 15.1. The Bertz CT molecular complexity index is 1080. The molecular weight excluding hydrogens is 404 g/mol. The SMILES string of the molecule is COc1ccc2c(c1OC)C(=O)OC2C1c2c(c(N)c3c(c2OC)OCO3)CCN1C. The molecule has 164 valence electrons. The molecule has 3 aliphatic rings. The van der Waals surface area contributed by atoms with Crippen LogP contribution in [0, 0.1) is 0 Å². The first-order chi connectivity index (χ1) is 15.0. The van der Waals surface area contributed by atoms with Gasteiger partial charge in [0.25, 0.3) is 0 Å². The van der Waals surface area contributed by atoms with Crippen LogP contribution < -0.4 is 29.4 Å². The van der Waals surface area contributed by atoms with Crippen LogP contribution in [0.1, 0.15) is 39.2 Å². The van der Waals surface area contributed by atoms with Gasteiger partial charge < -0.3 is 34.2 Å². The summed E-state index contributed by atoms with van der Waals surface area (Å²) in [5.41, 5.74) is 9.88. The minimum Gasteiger partial charge on any atom is -0.493 e. The monoisotopic (exact) mass is 428 g/mol. The van der Waals surface area contributed by atoms with E-state index in [-0.39, 0.29) is 12.8 Å². The van der Waals surface area contributed by atoms with Gasteiger partial charge in [-0.15, -0.1) is 0 Å². The number of benzene rings is 2. The predicted octanol–water partition coefficient (Wildman–Crippen LogP) is 2.46. The van der Waals surface area contributed by atoms with Crippen LogP contribution in [0.15, 0.2) is 12.1 Å². The quantitative estimate of drug-likeness (QED) is 0.581. The number of nitrogen functional groups attached to an aromatic ring is 1. The van der Waals surface area contributed by atoms with Crippen LogP contribution in [0.25, 0.3) is 0 Å². The Morgan fingerprint density at radius 1 is 1.06 bits per heavy atom. The fourth-order valence-electron chi connectivity index (χ4n) is 4.87. The molecule has 0 aromatic heterocycles. The van der Waals surface area contributed by atoms with Crippen LogP contribution in [0.3, 0.4) is 0 Å². The minimum absolute atomic E-state index is 0.0809. The lowest BCUT2D eigenvalue weighted by atomic mass is 9.84. The second-order valence-corrected chi connectivity index (χ2v) is 7.67. The van der Waals surface area contributed by atoms with E-state index in [1.165, 1.54) is 14.2 Å². The molecule has 0 fully saturated rings. The molecule has 0 amide bonds. The normalized spacial score (nSPS) is 21.4. The molecule has 0 radical (unpaired) electrons. The Kier molecular flexibility index (Phi) is 4.51. The van der Waals surface area contributed by atoms with Crippen molar-refractivity contribution in [3.05, 3.63) is 34.4 Å². The number of carbonyl (C=O) groups excluding carboxylic acids is 1. The van der Waals surface area contributed by atoms with Crippen molar-refractivity contribution in [2.45, 2.75) is 18.6 Å². The second-order valence-electron chi connectivity index (χ2n) is 7.67. The van der Waals surface area contributed by atoms with Crippen molar-refractivity contribution < 1.29 is 33.2 Å². The molecule has 9 nitrogen and oxygen atoms in total. The van der Waals surface area contributed by atoms with Gasteiger partial charge in [0.15, 0.2) is 23.0 Å². The molecular formula is C22H24N2O7. The molecule has 2 N–H and O–H groups in total. The molecule has 9 heteroatoms. The third-order valence-corrected chi connectivity index (χ3v) is 6.26. The number of nitrogens with two attached hydrogens (primary N) is 1. The molecule has 0 bridgehead atoms. The number of nitrogens with zero attached hydrogens (tertiary/aromatic N) is 1. The molecule has 0 aliphatic carbocycles. The van der Waals surface area contributed by atoms with Crippen LogP contribution in [0.2, 0.25) is 0 Å². The molecule has 2 unspecified atom stereocenters. The zero-order valence-electron chi connectivity index (χ0n) is 17.8. The highest BCUT2D eigenvalue weighted by molar-refractivity contribution is 5.98. The maximum absolute atomic E-state index is 12.9. The molecule has 2 atom stereocenters. The highest BCUT2D eigenvalue weighted by atomic mass is 16.7. The number of esters is 1. The number of likely N-dealkylation sites (N-methyl/N-ethyl adjacent to an activating group) is 1. The van der Waals surface area contributed by atoms with Crippen molar-refractivity contribution >= 4 is 11.7 Å². The standard InChI is InChI=1S/C22H24N2O7/c1-24-8-7-10-13(19(28-4)21-20(15(10)23)29-9-30-21)16(24)17-11-5-6-12(26-2)18(27-3)14(11)22(25)31-17/h5-6,16-17H,7-9,23H2,1-4H3. The van der Waals surface area contributed by atoms with E-state index in [0.29, 0.717) is 46.4 Å². The summed E-state index contributed by atoms with van der Waals surface area (Å²) in [6, 6.07) is 3.29. The minimum atomic E-state index is -0.583.